The molecule has 112 valence electrons. The van der Waals surface area contributed by atoms with E-state index in [1.807, 2.05) is 35.8 Å². The van der Waals surface area contributed by atoms with Crippen LogP contribution in [0.4, 0.5) is 0 Å². The molecule has 1 atom stereocenters. The van der Waals surface area contributed by atoms with Gasteiger partial charge in [0.2, 0.25) is 0 Å². The van der Waals surface area contributed by atoms with E-state index in [1.54, 1.807) is 0 Å². The highest BCUT2D eigenvalue weighted by molar-refractivity contribution is 6.20. The topological polar surface area (TPSA) is 34.9 Å². The van der Waals surface area contributed by atoms with E-state index in [1.165, 1.54) is 12.8 Å². The highest BCUT2D eigenvalue weighted by Crippen LogP contribution is 2.50. The molecule has 0 radical (unpaired) electrons. The molecule has 1 aliphatic rings. The molecule has 1 aliphatic carbocycles. The third-order valence-corrected chi connectivity index (χ3v) is 5.23. The average molecular weight is 305 g/mol. The van der Waals surface area contributed by atoms with Crippen LogP contribution in [0.2, 0.25) is 0 Å². The fraction of sp³-hybridized carbons (Fsp3) is 0.529. The van der Waals surface area contributed by atoms with E-state index in [0.717, 1.165) is 30.7 Å². The summed E-state index contributed by atoms with van der Waals surface area (Å²) in [7, 11) is 0. The predicted octanol–water partition coefficient (Wildman–Crippen LogP) is 4.28. The molecule has 1 fully saturated rings. The quantitative estimate of drug-likeness (QED) is 0.773. The smallest absolute Gasteiger partial charge is 0.261 e. The van der Waals surface area contributed by atoms with Gasteiger partial charge in [-0.15, -0.1) is 11.6 Å². The Bertz CT molecular complexity index is 718. The minimum Gasteiger partial charge on any atom is -0.294 e. The Balaban J connectivity index is 2.19. The summed E-state index contributed by atoms with van der Waals surface area (Å²) in [5.74, 6) is 0.725. The summed E-state index contributed by atoms with van der Waals surface area (Å²) >= 11 is 6.44. The Morgan fingerprint density at radius 1 is 1.33 bits per heavy atom. The number of para-hydroxylation sites is 1. The van der Waals surface area contributed by atoms with Gasteiger partial charge < -0.3 is 0 Å². The first-order chi connectivity index (χ1) is 10.1. The van der Waals surface area contributed by atoms with Gasteiger partial charge in [-0.3, -0.25) is 9.36 Å². The molecule has 21 heavy (non-hydrogen) atoms. The van der Waals surface area contributed by atoms with Crippen molar-refractivity contribution in [1.29, 1.82) is 0 Å². The summed E-state index contributed by atoms with van der Waals surface area (Å²) in [5, 5.41) is 0.475. The van der Waals surface area contributed by atoms with Crippen LogP contribution >= 0.6 is 11.6 Å². The Morgan fingerprint density at radius 2 is 2.05 bits per heavy atom. The third-order valence-electron chi connectivity index (χ3n) is 4.73. The van der Waals surface area contributed by atoms with Gasteiger partial charge in [0.25, 0.3) is 5.56 Å². The summed E-state index contributed by atoms with van der Waals surface area (Å²) < 4.78 is 1.83. The fourth-order valence-electron chi connectivity index (χ4n) is 2.90. The molecule has 3 rings (SSSR count). The lowest BCUT2D eigenvalue weighted by Gasteiger charge is -2.20. The highest BCUT2D eigenvalue weighted by atomic mass is 35.5. The largest absolute Gasteiger partial charge is 0.294 e. The second kappa shape index (κ2) is 5.45. The van der Waals surface area contributed by atoms with Crippen molar-refractivity contribution in [2.24, 2.45) is 5.41 Å². The standard InChI is InChI=1S/C17H21ClN2O/c1-3-13(18)15-19-14-8-6-5-7-12(14)16(21)20(15)11-17(4-2)9-10-17/h5-8,13H,3-4,9-11H2,1-2H3. The lowest BCUT2D eigenvalue weighted by molar-refractivity contribution is 0.390. The Labute approximate surface area is 130 Å². The van der Waals surface area contributed by atoms with Gasteiger partial charge in [-0.05, 0) is 43.2 Å². The predicted molar refractivity (Wildman–Crippen MR) is 86.8 cm³/mol. The molecule has 1 aromatic heterocycles. The van der Waals surface area contributed by atoms with Crippen molar-refractivity contribution in [3.05, 3.63) is 40.4 Å². The first-order valence-corrected chi connectivity index (χ1v) is 8.17. The van der Waals surface area contributed by atoms with Crippen molar-refractivity contribution in [2.75, 3.05) is 0 Å². The number of nitrogens with zero attached hydrogens (tertiary/aromatic N) is 2. The molecule has 1 saturated carbocycles. The lowest BCUT2D eigenvalue weighted by Crippen LogP contribution is -2.29. The van der Waals surface area contributed by atoms with Crippen LogP contribution in [0, 0.1) is 5.41 Å². The van der Waals surface area contributed by atoms with Gasteiger partial charge in [-0.25, -0.2) is 4.98 Å². The summed E-state index contributed by atoms with van der Waals surface area (Å²) in [6, 6.07) is 7.54. The zero-order chi connectivity index (χ0) is 15.0. The molecule has 0 bridgehead atoms. The van der Waals surface area contributed by atoms with E-state index in [0.29, 0.717) is 5.39 Å². The van der Waals surface area contributed by atoms with Crippen LogP contribution in [0.1, 0.15) is 50.7 Å². The van der Waals surface area contributed by atoms with E-state index in [-0.39, 0.29) is 16.4 Å². The number of hydrogen-bond acceptors (Lipinski definition) is 2. The molecule has 1 heterocycles. The van der Waals surface area contributed by atoms with Crippen LogP contribution in [0.15, 0.2) is 29.1 Å². The summed E-state index contributed by atoms with van der Waals surface area (Å²) in [6.07, 6.45) is 4.26. The second-order valence-electron chi connectivity index (χ2n) is 6.11. The van der Waals surface area contributed by atoms with E-state index >= 15 is 0 Å². The SMILES string of the molecule is CCC(Cl)c1nc2ccccc2c(=O)n1CC1(CC)CC1. The molecule has 0 amide bonds. The fourth-order valence-corrected chi connectivity index (χ4v) is 3.06. The molecule has 2 aromatic rings. The average Bonchev–Trinajstić information content (AvgIpc) is 3.29. The molecule has 3 nitrogen and oxygen atoms in total. The Kier molecular flexibility index (Phi) is 3.78. The number of rotatable bonds is 5. The van der Waals surface area contributed by atoms with Gasteiger partial charge >= 0.3 is 0 Å². The molecule has 0 saturated heterocycles. The van der Waals surface area contributed by atoms with Crippen molar-refractivity contribution in [3.63, 3.8) is 0 Å². The van der Waals surface area contributed by atoms with Crippen LogP contribution in [0.5, 0.6) is 0 Å². The maximum atomic E-state index is 12.9. The van der Waals surface area contributed by atoms with Gasteiger partial charge in [0.15, 0.2) is 0 Å². The zero-order valence-corrected chi connectivity index (χ0v) is 13.4. The van der Waals surface area contributed by atoms with E-state index < -0.39 is 0 Å². The van der Waals surface area contributed by atoms with E-state index in [9.17, 15) is 4.79 Å². The second-order valence-corrected chi connectivity index (χ2v) is 6.63. The Morgan fingerprint density at radius 3 is 2.67 bits per heavy atom. The molecule has 0 aliphatic heterocycles. The van der Waals surface area contributed by atoms with Crippen molar-refractivity contribution in [1.82, 2.24) is 9.55 Å². The van der Waals surface area contributed by atoms with Gasteiger partial charge in [0.05, 0.1) is 16.3 Å². The number of aromatic nitrogens is 2. The first kappa shape index (κ1) is 14.6. The molecule has 4 heteroatoms. The van der Waals surface area contributed by atoms with Gasteiger partial charge in [-0.2, -0.15) is 0 Å². The number of hydrogen-bond donors (Lipinski definition) is 0. The van der Waals surface area contributed by atoms with Crippen molar-refractivity contribution in [2.45, 2.75) is 51.5 Å². The normalized spacial score (nSPS) is 17.9. The van der Waals surface area contributed by atoms with Gasteiger partial charge in [-0.1, -0.05) is 26.0 Å². The monoisotopic (exact) mass is 304 g/mol. The number of alkyl halides is 1. The Hall–Kier alpha value is -1.35. The number of benzene rings is 1. The van der Waals surface area contributed by atoms with Crippen LogP contribution in [-0.2, 0) is 6.54 Å². The maximum Gasteiger partial charge on any atom is 0.261 e. The maximum absolute atomic E-state index is 12.9. The lowest BCUT2D eigenvalue weighted by atomic mass is 10.0. The van der Waals surface area contributed by atoms with Crippen LogP contribution < -0.4 is 5.56 Å². The van der Waals surface area contributed by atoms with Crippen molar-refractivity contribution < 1.29 is 0 Å². The summed E-state index contributed by atoms with van der Waals surface area (Å²) in [4.78, 5) is 17.5. The van der Waals surface area contributed by atoms with Crippen molar-refractivity contribution in [3.8, 4) is 0 Å². The first-order valence-electron chi connectivity index (χ1n) is 7.74. The molecule has 1 aromatic carbocycles. The van der Waals surface area contributed by atoms with Crippen LogP contribution in [0.25, 0.3) is 10.9 Å². The number of fused-ring (bicyclic) bond motifs is 1. The summed E-state index contributed by atoms with van der Waals surface area (Å²) in [5.41, 5.74) is 1.08. The van der Waals surface area contributed by atoms with E-state index in [2.05, 4.69) is 11.9 Å². The van der Waals surface area contributed by atoms with Crippen LogP contribution in [-0.4, -0.2) is 9.55 Å². The highest BCUT2D eigenvalue weighted by Gasteiger charge is 2.41. The third kappa shape index (κ3) is 2.59. The molecule has 1 unspecified atom stereocenters. The van der Waals surface area contributed by atoms with Crippen molar-refractivity contribution >= 4 is 22.5 Å². The van der Waals surface area contributed by atoms with Crippen LogP contribution in [0.3, 0.4) is 0 Å². The zero-order valence-electron chi connectivity index (χ0n) is 12.6. The van der Waals surface area contributed by atoms with Gasteiger partial charge in [0.1, 0.15) is 5.82 Å². The molecular weight excluding hydrogens is 284 g/mol. The molecule has 0 spiro atoms. The minimum absolute atomic E-state index is 0.0504. The summed E-state index contributed by atoms with van der Waals surface area (Å²) in [6.45, 7) is 4.97. The minimum atomic E-state index is -0.213. The molecular formula is C17H21ClN2O. The van der Waals surface area contributed by atoms with E-state index in [4.69, 9.17) is 11.6 Å². The molecule has 0 N–H and O–H groups in total. The number of halogens is 1. The van der Waals surface area contributed by atoms with Gasteiger partial charge in [0, 0.05) is 6.54 Å².